The molecule has 1 saturated heterocycles. The summed E-state index contributed by atoms with van der Waals surface area (Å²) in [4.78, 5) is 2.28. The maximum atomic E-state index is 11.7. The molecule has 1 heterocycles. The van der Waals surface area contributed by atoms with E-state index in [4.69, 9.17) is 10.8 Å². The molecular formula is C13H20N2O3S. The number of anilines is 2. The molecule has 0 aromatic heterocycles. The van der Waals surface area contributed by atoms with Crippen LogP contribution < -0.4 is 10.6 Å². The topological polar surface area (TPSA) is 83.6 Å². The van der Waals surface area contributed by atoms with Crippen LogP contribution >= 0.6 is 0 Å². The van der Waals surface area contributed by atoms with Crippen molar-refractivity contribution in [2.45, 2.75) is 17.7 Å². The number of nitrogen functional groups attached to an aromatic ring is 1. The van der Waals surface area contributed by atoms with Crippen LogP contribution in [-0.4, -0.2) is 39.5 Å². The van der Waals surface area contributed by atoms with E-state index < -0.39 is 9.84 Å². The van der Waals surface area contributed by atoms with Gasteiger partial charge in [0.1, 0.15) is 0 Å². The predicted octanol–water partition coefficient (Wildman–Crippen LogP) is 0.881. The lowest BCUT2D eigenvalue weighted by molar-refractivity contribution is 0.203. The summed E-state index contributed by atoms with van der Waals surface area (Å²) in [6, 6.07) is 5.11. The zero-order chi connectivity index (χ0) is 14.0. The molecule has 0 bridgehead atoms. The lowest BCUT2D eigenvalue weighted by atomic mass is 9.97. The largest absolute Gasteiger partial charge is 0.396 e. The highest BCUT2D eigenvalue weighted by Gasteiger charge is 2.22. The fourth-order valence-corrected chi connectivity index (χ4v) is 3.32. The minimum atomic E-state index is -3.30. The predicted molar refractivity (Wildman–Crippen MR) is 76.0 cm³/mol. The maximum Gasteiger partial charge on any atom is 0.177 e. The zero-order valence-corrected chi connectivity index (χ0v) is 11.9. The van der Waals surface area contributed by atoms with Gasteiger partial charge in [-0.15, -0.1) is 0 Å². The van der Waals surface area contributed by atoms with Gasteiger partial charge < -0.3 is 15.7 Å². The zero-order valence-electron chi connectivity index (χ0n) is 11.0. The number of benzene rings is 1. The van der Waals surface area contributed by atoms with E-state index in [0.29, 0.717) is 11.6 Å². The molecule has 0 saturated carbocycles. The molecule has 0 unspecified atom stereocenters. The Morgan fingerprint density at radius 3 is 2.53 bits per heavy atom. The third-order valence-electron chi connectivity index (χ3n) is 3.66. The van der Waals surface area contributed by atoms with E-state index in [1.807, 2.05) is 6.07 Å². The van der Waals surface area contributed by atoms with Gasteiger partial charge in [0.05, 0.1) is 16.3 Å². The van der Waals surface area contributed by atoms with Gasteiger partial charge in [0.25, 0.3) is 0 Å². The highest BCUT2D eigenvalue weighted by molar-refractivity contribution is 7.90. The van der Waals surface area contributed by atoms with Crippen LogP contribution in [0, 0.1) is 5.92 Å². The number of piperidine rings is 1. The van der Waals surface area contributed by atoms with Crippen LogP contribution in [0.25, 0.3) is 0 Å². The van der Waals surface area contributed by atoms with E-state index in [2.05, 4.69) is 4.90 Å². The molecule has 0 aliphatic carbocycles. The molecule has 0 spiro atoms. The van der Waals surface area contributed by atoms with Gasteiger partial charge in [0.2, 0.25) is 0 Å². The van der Waals surface area contributed by atoms with E-state index in [1.165, 1.54) is 12.3 Å². The second-order valence-corrected chi connectivity index (χ2v) is 7.06. The highest BCUT2D eigenvalue weighted by Crippen LogP contribution is 2.32. The third-order valence-corrected chi connectivity index (χ3v) is 4.81. The van der Waals surface area contributed by atoms with Crippen LogP contribution in [0.3, 0.4) is 0 Å². The Kier molecular flexibility index (Phi) is 4.01. The monoisotopic (exact) mass is 284 g/mol. The molecule has 1 fully saturated rings. The van der Waals surface area contributed by atoms with Gasteiger partial charge in [0, 0.05) is 26.0 Å². The molecule has 1 aliphatic rings. The fourth-order valence-electron chi connectivity index (χ4n) is 2.49. The van der Waals surface area contributed by atoms with Gasteiger partial charge >= 0.3 is 0 Å². The normalized spacial score (nSPS) is 17.7. The molecule has 19 heavy (non-hydrogen) atoms. The molecule has 106 valence electrons. The summed E-state index contributed by atoms with van der Waals surface area (Å²) in [5, 5.41) is 9.13. The Morgan fingerprint density at radius 1 is 1.37 bits per heavy atom. The Bertz CT molecular complexity index is 549. The van der Waals surface area contributed by atoms with Gasteiger partial charge in [0.15, 0.2) is 9.84 Å². The summed E-state index contributed by atoms with van der Waals surface area (Å²) in [6.07, 6.45) is 2.97. The van der Waals surface area contributed by atoms with E-state index in [-0.39, 0.29) is 11.5 Å². The van der Waals surface area contributed by atoms with Crippen molar-refractivity contribution in [2.24, 2.45) is 5.92 Å². The molecule has 1 aromatic carbocycles. The quantitative estimate of drug-likeness (QED) is 0.805. The summed E-state index contributed by atoms with van der Waals surface area (Å²) in [5.74, 6) is 0.343. The molecule has 3 N–H and O–H groups in total. The van der Waals surface area contributed by atoms with Gasteiger partial charge in [-0.3, -0.25) is 0 Å². The number of para-hydroxylation sites is 1. The van der Waals surface area contributed by atoms with Crippen molar-refractivity contribution in [1.82, 2.24) is 0 Å². The van der Waals surface area contributed by atoms with Crippen molar-refractivity contribution in [2.75, 3.05) is 36.6 Å². The molecule has 2 rings (SSSR count). The van der Waals surface area contributed by atoms with Crippen LogP contribution in [-0.2, 0) is 9.84 Å². The van der Waals surface area contributed by atoms with Crippen molar-refractivity contribution in [3.05, 3.63) is 18.2 Å². The number of nitrogens with zero attached hydrogens (tertiary/aromatic N) is 1. The first-order valence-electron chi connectivity index (χ1n) is 6.38. The van der Waals surface area contributed by atoms with Crippen LogP contribution in [0.5, 0.6) is 0 Å². The van der Waals surface area contributed by atoms with Crippen LogP contribution in [0.1, 0.15) is 12.8 Å². The molecule has 6 heteroatoms. The number of aliphatic hydroxyl groups is 1. The Hall–Kier alpha value is -1.27. The SMILES string of the molecule is CS(=O)(=O)c1cccc(N2CCC(CO)CC2)c1N. The van der Waals surface area contributed by atoms with Crippen molar-refractivity contribution in [3.8, 4) is 0 Å². The van der Waals surface area contributed by atoms with Crippen LogP contribution in [0.4, 0.5) is 11.4 Å². The first-order chi connectivity index (χ1) is 8.93. The fraction of sp³-hybridized carbons (Fsp3) is 0.538. The van der Waals surface area contributed by atoms with Crippen LogP contribution in [0.15, 0.2) is 23.1 Å². The number of aliphatic hydroxyl groups excluding tert-OH is 1. The minimum absolute atomic E-state index is 0.189. The second kappa shape index (κ2) is 5.38. The van der Waals surface area contributed by atoms with Crippen molar-refractivity contribution in [1.29, 1.82) is 0 Å². The highest BCUT2D eigenvalue weighted by atomic mass is 32.2. The number of hydrogen-bond donors (Lipinski definition) is 2. The summed E-state index contributed by atoms with van der Waals surface area (Å²) in [5.41, 5.74) is 7.10. The number of sulfone groups is 1. The van der Waals surface area contributed by atoms with Gasteiger partial charge in [-0.2, -0.15) is 0 Å². The number of nitrogens with two attached hydrogens (primary N) is 1. The molecule has 1 aliphatic heterocycles. The first-order valence-corrected chi connectivity index (χ1v) is 8.27. The summed E-state index contributed by atoms with van der Waals surface area (Å²) in [7, 11) is -3.30. The average molecular weight is 284 g/mol. The van der Waals surface area contributed by atoms with Crippen LogP contribution in [0.2, 0.25) is 0 Å². The van der Waals surface area contributed by atoms with Gasteiger partial charge in [-0.25, -0.2) is 8.42 Å². The third kappa shape index (κ3) is 3.01. The van der Waals surface area contributed by atoms with Crippen molar-refractivity contribution < 1.29 is 13.5 Å². The first kappa shape index (κ1) is 14.1. The van der Waals surface area contributed by atoms with Gasteiger partial charge in [-0.05, 0) is 30.9 Å². The van der Waals surface area contributed by atoms with Crippen molar-refractivity contribution in [3.63, 3.8) is 0 Å². The second-order valence-electron chi connectivity index (χ2n) is 5.07. The van der Waals surface area contributed by atoms with E-state index in [9.17, 15) is 8.42 Å². The molecule has 0 radical (unpaired) electrons. The van der Waals surface area contributed by atoms with E-state index in [0.717, 1.165) is 31.6 Å². The number of hydrogen-bond acceptors (Lipinski definition) is 5. The van der Waals surface area contributed by atoms with E-state index in [1.54, 1.807) is 6.07 Å². The Labute approximate surface area is 113 Å². The van der Waals surface area contributed by atoms with Gasteiger partial charge in [-0.1, -0.05) is 6.07 Å². The summed E-state index contributed by atoms with van der Waals surface area (Å²) < 4.78 is 23.3. The smallest absolute Gasteiger partial charge is 0.177 e. The Morgan fingerprint density at radius 2 is 2.00 bits per heavy atom. The molecule has 1 aromatic rings. The number of rotatable bonds is 3. The molecule has 0 amide bonds. The Balaban J connectivity index is 2.27. The lowest BCUT2D eigenvalue weighted by Gasteiger charge is -2.33. The average Bonchev–Trinajstić information content (AvgIpc) is 2.38. The minimum Gasteiger partial charge on any atom is -0.396 e. The molecule has 0 atom stereocenters. The summed E-state index contributed by atoms with van der Waals surface area (Å²) >= 11 is 0. The van der Waals surface area contributed by atoms with Crippen molar-refractivity contribution >= 4 is 21.2 Å². The summed E-state index contributed by atoms with van der Waals surface area (Å²) in [6.45, 7) is 1.80. The van der Waals surface area contributed by atoms with E-state index >= 15 is 0 Å². The molecule has 5 nitrogen and oxygen atoms in total. The molecular weight excluding hydrogens is 264 g/mol. The lowest BCUT2D eigenvalue weighted by Crippen LogP contribution is -2.35. The maximum absolute atomic E-state index is 11.7. The standard InChI is InChI=1S/C13H20N2O3S/c1-19(17,18)12-4-2-3-11(13(12)14)15-7-5-10(9-16)6-8-15/h2-4,10,16H,5-9,14H2,1H3.